The molecule has 0 aliphatic rings. The largest absolute Gasteiger partial charge is 0.310 e. The molecule has 0 fully saturated rings. The summed E-state index contributed by atoms with van der Waals surface area (Å²) < 4.78 is 1.83. The molecule has 0 radical (unpaired) electrons. The van der Waals surface area contributed by atoms with Crippen molar-refractivity contribution < 1.29 is 0 Å². The minimum Gasteiger partial charge on any atom is -0.310 e. The van der Waals surface area contributed by atoms with Gasteiger partial charge in [-0.15, -0.1) is 0 Å². The highest BCUT2D eigenvalue weighted by atomic mass is 32.2. The molecule has 2 aromatic rings. The summed E-state index contributed by atoms with van der Waals surface area (Å²) in [5, 5.41) is 7.66. The fraction of sp³-hybridized carbons (Fsp3) is 0.357. The van der Waals surface area contributed by atoms with Crippen LogP contribution in [0.15, 0.2) is 46.5 Å². The van der Waals surface area contributed by atoms with Gasteiger partial charge < -0.3 is 5.32 Å². The first-order valence-corrected chi connectivity index (χ1v) is 7.01. The van der Waals surface area contributed by atoms with Crippen LogP contribution in [0, 0.1) is 0 Å². The van der Waals surface area contributed by atoms with Crippen molar-refractivity contribution in [3.63, 3.8) is 0 Å². The van der Waals surface area contributed by atoms with Crippen LogP contribution in [-0.2, 0) is 7.05 Å². The number of aromatic nitrogens is 2. The zero-order valence-electron chi connectivity index (χ0n) is 11.1. The molecule has 0 spiro atoms. The summed E-state index contributed by atoms with van der Waals surface area (Å²) in [5.41, 5.74) is 1.34. The Morgan fingerprint density at radius 2 is 2.17 bits per heavy atom. The van der Waals surface area contributed by atoms with E-state index in [4.69, 9.17) is 0 Å². The van der Waals surface area contributed by atoms with E-state index in [1.165, 1.54) is 15.4 Å². The molecule has 0 amide bonds. The molecule has 0 saturated carbocycles. The molecule has 3 nitrogen and oxygen atoms in total. The van der Waals surface area contributed by atoms with E-state index in [-0.39, 0.29) is 0 Å². The number of nitrogens with zero attached hydrogens (tertiary/aromatic N) is 2. The molecular formula is C14H19N3S. The highest BCUT2D eigenvalue weighted by Gasteiger charge is 2.10. The second-order valence-electron chi connectivity index (χ2n) is 4.27. The third kappa shape index (κ3) is 3.15. The van der Waals surface area contributed by atoms with Crippen molar-refractivity contribution >= 4 is 11.8 Å². The molecule has 0 bridgehead atoms. The number of nitrogens with one attached hydrogen (secondary N) is 1. The Balaban J connectivity index is 2.22. The van der Waals surface area contributed by atoms with Gasteiger partial charge >= 0.3 is 0 Å². The average molecular weight is 261 g/mol. The fourth-order valence-electron chi connectivity index (χ4n) is 1.93. The Morgan fingerprint density at radius 3 is 2.83 bits per heavy atom. The Bertz CT molecular complexity index is 507. The van der Waals surface area contributed by atoms with Crippen molar-refractivity contribution in [2.75, 3.05) is 6.54 Å². The summed E-state index contributed by atoms with van der Waals surface area (Å²) in [7, 11) is 1.94. The quantitative estimate of drug-likeness (QED) is 0.896. The third-order valence-electron chi connectivity index (χ3n) is 2.80. The van der Waals surface area contributed by atoms with Crippen molar-refractivity contribution in [3.8, 4) is 0 Å². The van der Waals surface area contributed by atoms with Gasteiger partial charge in [-0.2, -0.15) is 5.10 Å². The lowest BCUT2D eigenvalue weighted by molar-refractivity contribution is 0.590. The summed E-state index contributed by atoms with van der Waals surface area (Å²) in [4.78, 5) is 2.47. The average Bonchev–Trinajstić information content (AvgIpc) is 2.76. The van der Waals surface area contributed by atoms with Crippen LogP contribution in [0.4, 0.5) is 0 Å². The zero-order valence-corrected chi connectivity index (χ0v) is 11.9. The molecule has 1 atom stereocenters. The molecule has 1 unspecified atom stereocenters. The van der Waals surface area contributed by atoms with Crippen molar-refractivity contribution in [1.82, 2.24) is 15.1 Å². The van der Waals surface area contributed by atoms with Crippen LogP contribution in [0.25, 0.3) is 0 Å². The van der Waals surface area contributed by atoms with Crippen LogP contribution in [0.5, 0.6) is 0 Å². The summed E-state index contributed by atoms with van der Waals surface area (Å²) in [6.07, 6.45) is 3.94. The molecule has 1 aromatic heterocycles. The van der Waals surface area contributed by atoms with Gasteiger partial charge in [0.25, 0.3) is 0 Å². The first-order chi connectivity index (χ1) is 8.70. The van der Waals surface area contributed by atoms with E-state index in [1.54, 1.807) is 11.8 Å². The van der Waals surface area contributed by atoms with E-state index >= 15 is 0 Å². The van der Waals surface area contributed by atoms with Gasteiger partial charge in [0.2, 0.25) is 0 Å². The Morgan fingerprint density at radius 1 is 1.39 bits per heavy atom. The fourth-order valence-corrected chi connectivity index (χ4v) is 2.99. The molecule has 0 aliphatic carbocycles. The maximum Gasteiger partial charge on any atom is 0.0629 e. The number of benzene rings is 1. The number of hydrogen-bond donors (Lipinski definition) is 1. The van der Waals surface area contributed by atoms with Crippen LogP contribution >= 0.6 is 11.8 Å². The molecule has 0 aliphatic heterocycles. The van der Waals surface area contributed by atoms with Gasteiger partial charge in [0.1, 0.15) is 0 Å². The third-order valence-corrected chi connectivity index (χ3v) is 3.84. The van der Waals surface area contributed by atoms with E-state index in [2.05, 4.69) is 48.5 Å². The molecule has 1 N–H and O–H groups in total. The van der Waals surface area contributed by atoms with Crippen LogP contribution in [0.3, 0.4) is 0 Å². The van der Waals surface area contributed by atoms with Gasteiger partial charge in [-0.05, 0) is 25.1 Å². The number of rotatable bonds is 5. The SMILES string of the molecule is CCNC(C)c1ccccc1Sc1cnn(C)c1. The minimum absolute atomic E-state index is 0.371. The van der Waals surface area contributed by atoms with E-state index < -0.39 is 0 Å². The summed E-state index contributed by atoms with van der Waals surface area (Å²) in [5.74, 6) is 0. The van der Waals surface area contributed by atoms with E-state index in [0.29, 0.717) is 6.04 Å². The lowest BCUT2D eigenvalue weighted by atomic mass is 10.1. The summed E-state index contributed by atoms with van der Waals surface area (Å²) >= 11 is 1.77. The molecule has 0 saturated heterocycles. The molecule has 1 aromatic carbocycles. The normalized spacial score (nSPS) is 12.6. The monoisotopic (exact) mass is 261 g/mol. The Hall–Kier alpha value is -1.26. The predicted octanol–water partition coefficient (Wildman–Crippen LogP) is 3.24. The molecule has 96 valence electrons. The first-order valence-electron chi connectivity index (χ1n) is 6.19. The Labute approximate surface area is 113 Å². The second-order valence-corrected chi connectivity index (χ2v) is 5.38. The lowest BCUT2D eigenvalue weighted by Gasteiger charge is -2.16. The van der Waals surface area contributed by atoms with Gasteiger partial charge in [0.05, 0.1) is 11.1 Å². The van der Waals surface area contributed by atoms with Crippen LogP contribution in [-0.4, -0.2) is 16.3 Å². The van der Waals surface area contributed by atoms with Crippen LogP contribution < -0.4 is 5.32 Å². The molecule has 4 heteroatoms. The van der Waals surface area contributed by atoms with Crippen LogP contribution in [0.2, 0.25) is 0 Å². The van der Waals surface area contributed by atoms with E-state index in [0.717, 1.165) is 6.54 Å². The topological polar surface area (TPSA) is 29.9 Å². The molecular weight excluding hydrogens is 242 g/mol. The molecule has 2 rings (SSSR count). The van der Waals surface area contributed by atoms with Crippen LogP contribution in [0.1, 0.15) is 25.5 Å². The molecule has 1 heterocycles. The lowest BCUT2D eigenvalue weighted by Crippen LogP contribution is -2.18. The maximum atomic E-state index is 4.20. The second kappa shape index (κ2) is 6.07. The van der Waals surface area contributed by atoms with Gasteiger partial charge in [-0.25, -0.2) is 0 Å². The van der Waals surface area contributed by atoms with Gasteiger partial charge in [0.15, 0.2) is 0 Å². The Kier molecular flexibility index (Phi) is 4.44. The predicted molar refractivity (Wildman–Crippen MR) is 75.9 cm³/mol. The van der Waals surface area contributed by atoms with Crippen molar-refractivity contribution in [1.29, 1.82) is 0 Å². The van der Waals surface area contributed by atoms with Crippen molar-refractivity contribution in [2.45, 2.75) is 29.7 Å². The maximum absolute atomic E-state index is 4.20. The minimum atomic E-state index is 0.371. The highest BCUT2D eigenvalue weighted by molar-refractivity contribution is 7.99. The number of aryl methyl sites for hydroxylation is 1. The first kappa shape index (κ1) is 13.2. The van der Waals surface area contributed by atoms with Gasteiger partial charge in [-0.1, -0.05) is 36.9 Å². The zero-order chi connectivity index (χ0) is 13.0. The smallest absolute Gasteiger partial charge is 0.0629 e. The standard InChI is InChI=1S/C14H19N3S/c1-4-15-11(2)13-7-5-6-8-14(13)18-12-9-16-17(3)10-12/h5-11,15H,4H2,1-3H3. The summed E-state index contributed by atoms with van der Waals surface area (Å²) in [6, 6.07) is 8.90. The van der Waals surface area contributed by atoms with Crippen molar-refractivity contribution in [2.24, 2.45) is 7.05 Å². The molecule has 18 heavy (non-hydrogen) atoms. The van der Waals surface area contributed by atoms with Gasteiger partial charge in [0, 0.05) is 24.2 Å². The van der Waals surface area contributed by atoms with E-state index in [1.807, 2.05) is 24.1 Å². The summed E-state index contributed by atoms with van der Waals surface area (Å²) in [6.45, 7) is 5.31. The van der Waals surface area contributed by atoms with E-state index in [9.17, 15) is 0 Å². The van der Waals surface area contributed by atoms with Crippen molar-refractivity contribution in [3.05, 3.63) is 42.2 Å². The number of hydrogen-bond acceptors (Lipinski definition) is 3. The van der Waals surface area contributed by atoms with Gasteiger partial charge in [-0.3, -0.25) is 4.68 Å². The highest BCUT2D eigenvalue weighted by Crippen LogP contribution is 2.32.